The van der Waals surface area contributed by atoms with Gasteiger partial charge in [0.1, 0.15) is 5.78 Å². The largest absolute Gasteiger partial charge is 0.488 e. The first kappa shape index (κ1) is 23.8. The van der Waals surface area contributed by atoms with E-state index in [1.807, 2.05) is 11.9 Å². The molecule has 0 unspecified atom stereocenters. The summed E-state index contributed by atoms with van der Waals surface area (Å²) in [5.41, 5.74) is 0.795. The lowest BCUT2D eigenvalue weighted by atomic mass is 9.80. The zero-order valence-corrected chi connectivity index (χ0v) is 16.4. The quantitative estimate of drug-likeness (QED) is 0.200. The molecule has 28 heavy (non-hydrogen) atoms. The van der Waals surface area contributed by atoms with E-state index in [9.17, 15) is 24.4 Å². The van der Waals surface area contributed by atoms with E-state index in [4.69, 9.17) is 0 Å². The van der Waals surface area contributed by atoms with Crippen molar-refractivity contribution in [2.75, 3.05) is 45.1 Å². The number of anilines is 1. The van der Waals surface area contributed by atoms with Crippen LogP contribution in [0.5, 0.6) is 0 Å². The molecule has 9 nitrogen and oxygen atoms in total. The molecule has 0 atom stereocenters. The van der Waals surface area contributed by atoms with Gasteiger partial charge in [-0.05, 0) is 31.6 Å². The van der Waals surface area contributed by atoms with Gasteiger partial charge in [0.15, 0.2) is 0 Å². The molecule has 0 bridgehead atoms. The van der Waals surface area contributed by atoms with Gasteiger partial charge < -0.3 is 26.0 Å². The number of benzene rings is 1. The van der Waals surface area contributed by atoms with Gasteiger partial charge in [-0.15, -0.1) is 0 Å². The minimum atomic E-state index is -1.59. The van der Waals surface area contributed by atoms with E-state index in [0.717, 1.165) is 6.54 Å². The monoisotopic (exact) mass is 392 g/mol. The van der Waals surface area contributed by atoms with Crippen LogP contribution in [0.4, 0.5) is 5.69 Å². The smallest absolute Gasteiger partial charge is 0.423 e. The van der Waals surface area contributed by atoms with Crippen LogP contribution < -0.4 is 21.4 Å². The number of nitrogens with one attached hydrogen (secondary N) is 3. The average Bonchev–Trinajstić information content (AvgIpc) is 2.63. The summed E-state index contributed by atoms with van der Waals surface area (Å²) in [6.07, 6.45) is 0.123. The highest BCUT2D eigenvalue weighted by atomic mass is 16.4. The highest BCUT2D eigenvalue weighted by Crippen LogP contribution is 2.05. The number of amides is 2. The standard InChI is InChI=1S/C18H29BN4O5/c1-14(24)12-18(26)21-8-11-23(10-7-20-2)9-6-17(25)22-16-5-3-4-15(13-16)19(27)28/h3-5,13,20,27-28H,6-12H2,1-2H3,(H,21,26)(H,22,25). The van der Waals surface area contributed by atoms with Crippen molar-refractivity contribution in [1.82, 2.24) is 15.5 Å². The summed E-state index contributed by atoms with van der Waals surface area (Å²) in [6, 6.07) is 6.37. The zero-order chi connectivity index (χ0) is 20.9. The Kier molecular flexibility index (Phi) is 11.0. The van der Waals surface area contributed by atoms with Crippen LogP contribution in [0.2, 0.25) is 0 Å². The molecule has 1 aromatic carbocycles. The van der Waals surface area contributed by atoms with Crippen molar-refractivity contribution < 1.29 is 24.4 Å². The van der Waals surface area contributed by atoms with Gasteiger partial charge in [-0.1, -0.05) is 12.1 Å². The fourth-order valence-electron chi connectivity index (χ4n) is 2.51. The number of likely N-dealkylation sites (N-methyl/N-ethyl adjacent to an activating group) is 1. The minimum absolute atomic E-state index is 0.124. The van der Waals surface area contributed by atoms with E-state index >= 15 is 0 Å². The van der Waals surface area contributed by atoms with Crippen LogP contribution in [0, 0.1) is 0 Å². The van der Waals surface area contributed by atoms with Crippen LogP contribution in [-0.2, 0) is 14.4 Å². The average molecular weight is 392 g/mol. The van der Waals surface area contributed by atoms with Crippen LogP contribution in [-0.4, -0.2) is 79.4 Å². The van der Waals surface area contributed by atoms with Crippen molar-refractivity contribution >= 4 is 35.9 Å². The lowest BCUT2D eigenvalue weighted by Gasteiger charge is -2.22. The number of nitrogens with zero attached hydrogens (tertiary/aromatic N) is 1. The summed E-state index contributed by atoms with van der Waals surface area (Å²) in [6.45, 7) is 4.27. The molecule has 0 aliphatic carbocycles. The molecule has 0 aliphatic rings. The summed E-state index contributed by atoms with van der Waals surface area (Å²) in [5, 5.41) is 26.9. The molecule has 0 saturated heterocycles. The van der Waals surface area contributed by atoms with Crippen molar-refractivity contribution in [1.29, 1.82) is 0 Å². The van der Waals surface area contributed by atoms with Gasteiger partial charge in [-0.25, -0.2) is 0 Å². The van der Waals surface area contributed by atoms with E-state index in [0.29, 0.717) is 37.3 Å². The van der Waals surface area contributed by atoms with Gasteiger partial charge in [-0.2, -0.15) is 0 Å². The molecule has 0 heterocycles. The van der Waals surface area contributed by atoms with Gasteiger partial charge >= 0.3 is 7.12 Å². The molecule has 2 amide bonds. The van der Waals surface area contributed by atoms with Crippen molar-refractivity contribution in [3.8, 4) is 0 Å². The van der Waals surface area contributed by atoms with E-state index in [1.165, 1.54) is 13.0 Å². The Morgan fingerprint density at radius 1 is 1.07 bits per heavy atom. The Bertz CT molecular complexity index is 657. The van der Waals surface area contributed by atoms with Crippen LogP contribution in [0.1, 0.15) is 19.8 Å². The second-order valence-corrected chi connectivity index (χ2v) is 6.47. The van der Waals surface area contributed by atoms with Crippen molar-refractivity contribution in [2.45, 2.75) is 19.8 Å². The van der Waals surface area contributed by atoms with Gasteiger partial charge in [0.25, 0.3) is 0 Å². The lowest BCUT2D eigenvalue weighted by molar-refractivity contribution is -0.127. The number of hydrogen-bond donors (Lipinski definition) is 5. The molecule has 1 aromatic rings. The second kappa shape index (κ2) is 13.0. The van der Waals surface area contributed by atoms with Crippen LogP contribution >= 0.6 is 0 Å². The highest BCUT2D eigenvalue weighted by molar-refractivity contribution is 6.58. The minimum Gasteiger partial charge on any atom is -0.423 e. The molecule has 0 aliphatic heterocycles. The first-order valence-corrected chi connectivity index (χ1v) is 9.21. The molecular formula is C18H29BN4O5. The molecule has 10 heteroatoms. The molecule has 154 valence electrons. The summed E-state index contributed by atoms with van der Waals surface area (Å²) in [4.78, 5) is 36.7. The van der Waals surface area contributed by atoms with E-state index in [2.05, 4.69) is 16.0 Å². The van der Waals surface area contributed by atoms with E-state index < -0.39 is 7.12 Å². The maximum Gasteiger partial charge on any atom is 0.488 e. The third kappa shape index (κ3) is 10.2. The predicted octanol–water partition coefficient (Wildman–Crippen LogP) is -1.69. The predicted molar refractivity (Wildman–Crippen MR) is 108 cm³/mol. The zero-order valence-electron chi connectivity index (χ0n) is 16.4. The summed E-state index contributed by atoms with van der Waals surface area (Å²) >= 11 is 0. The number of carbonyl (C=O) groups excluding carboxylic acids is 3. The van der Waals surface area contributed by atoms with Crippen LogP contribution in [0.3, 0.4) is 0 Å². The number of hydrogen-bond acceptors (Lipinski definition) is 7. The number of carbonyl (C=O) groups is 3. The van der Waals surface area contributed by atoms with Gasteiger partial charge in [0.05, 0.1) is 6.42 Å². The summed E-state index contributed by atoms with van der Waals surface area (Å²) in [7, 11) is 0.245. The molecule has 0 spiro atoms. The van der Waals surface area contributed by atoms with Gasteiger partial charge in [0, 0.05) is 44.8 Å². The van der Waals surface area contributed by atoms with Crippen molar-refractivity contribution in [3.63, 3.8) is 0 Å². The number of rotatable bonds is 13. The van der Waals surface area contributed by atoms with Crippen LogP contribution in [0.25, 0.3) is 0 Å². The Hall–Kier alpha value is -2.27. The molecule has 0 aromatic heterocycles. The first-order chi connectivity index (χ1) is 13.3. The number of ketones is 1. The Balaban J connectivity index is 2.46. The lowest BCUT2D eigenvalue weighted by Crippen LogP contribution is -2.39. The second-order valence-electron chi connectivity index (χ2n) is 6.47. The summed E-state index contributed by atoms with van der Waals surface area (Å²) < 4.78 is 0. The Morgan fingerprint density at radius 2 is 1.79 bits per heavy atom. The summed E-state index contributed by atoms with van der Waals surface area (Å²) in [5.74, 6) is -0.677. The highest BCUT2D eigenvalue weighted by Gasteiger charge is 2.13. The molecular weight excluding hydrogens is 363 g/mol. The molecule has 5 N–H and O–H groups in total. The fourth-order valence-corrected chi connectivity index (χ4v) is 2.51. The fraction of sp³-hybridized carbons (Fsp3) is 0.500. The molecule has 0 fully saturated rings. The maximum absolute atomic E-state index is 12.2. The molecule has 0 saturated carbocycles. The van der Waals surface area contributed by atoms with E-state index in [1.54, 1.807) is 18.2 Å². The normalized spacial score (nSPS) is 10.6. The molecule has 0 radical (unpaired) electrons. The maximum atomic E-state index is 12.2. The first-order valence-electron chi connectivity index (χ1n) is 9.21. The van der Waals surface area contributed by atoms with Gasteiger partial charge in [-0.3, -0.25) is 19.3 Å². The topological polar surface area (TPSA) is 131 Å². The Labute approximate surface area is 165 Å². The van der Waals surface area contributed by atoms with Crippen LogP contribution in [0.15, 0.2) is 24.3 Å². The number of Topliss-reactive ketones (excluding diaryl/α,β-unsaturated/α-hetero) is 1. The Morgan fingerprint density at radius 3 is 2.43 bits per heavy atom. The van der Waals surface area contributed by atoms with Gasteiger partial charge in [0.2, 0.25) is 11.8 Å². The van der Waals surface area contributed by atoms with Crippen molar-refractivity contribution in [3.05, 3.63) is 24.3 Å². The SMILES string of the molecule is CNCCN(CCNC(=O)CC(C)=O)CCC(=O)Nc1cccc(B(O)O)c1. The molecule has 1 rings (SSSR count). The third-order valence-corrected chi connectivity index (χ3v) is 3.96. The van der Waals surface area contributed by atoms with Crippen molar-refractivity contribution in [2.24, 2.45) is 0 Å². The third-order valence-electron chi connectivity index (χ3n) is 3.96. The van der Waals surface area contributed by atoms with E-state index in [-0.39, 0.29) is 30.4 Å².